The molecule has 190 valence electrons. The highest BCUT2D eigenvalue weighted by molar-refractivity contribution is 6.11. The van der Waals surface area contributed by atoms with Crippen LogP contribution in [0.15, 0.2) is 21.0 Å². The number of aryl methyl sites for hydroxylation is 4. The molecule has 0 amide bonds. The molecule has 0 aliphatic heterocycles. The summed E-state index contributed by atoms with van der Waals surface area (Å²) < 4.78 is 12.9. The smallest absolute Gasteiger partial charge is 0.135 e. The maximum atomic E-state index is 12.0. The van der Waals surface area contributed by atoms with E-state index in [1.54, 1.807) is 0 Å². The molecule has 2 N–H and O–H groups in total. The van der Waals surface area contributed by atoms with E-state index in [9.17, 15) is 10.2 Å². The van der Waals surface area contributed by atoms with E-state index >= 15 is 0 Å². The summed E-state index contributed by atoms with van der Waals surface area (Å²) in [6, 6.07) is 4.05. The predicted molar refractivity (Wildman–Crippen MR) is 145 cm³/mol. The standard InChI is InChI=1S/C32H38O4/c1-31(2,3)19-15-23-25(17-11-7-9-13-21(17)35-23)27(29(19)33)28-26-18-12-8-10-14-22(18)36-24(26)16-20(30(28)34)32(4,5)6/h15-16,33-34H,7-14H2,1-6H3. The summed E-state index contributed by atoms with van der Waals surface area (Å²) in [7, 11) is 0. The van der Waals surface area contributed by atoms with Crippen molar-refractivity contribution in [3.63, 3.8) is 0 Å². The zero-order chi connectivity index (χ0) is 25.6. The van der Waals surface area contributed by atoms with Crippen LogP contribution in [0.2, 0.25) is 0 Å². The van der Waals surface area contributed by atoms with Crippen molar-refractivity contribution >= 4 is 21.9 Å². The molecule has 0 radical (unpaired) electrons. The molecule has 36 heavy (non-hydrogen) atoms. The lowest BCUT2D eigenvalue weighted by molar-refractivity contribution is 0.441. The molecule has 4 aromatic rings. The van der Waals surface area contributed by atoms with Crippen molar-refractivity contribution in [2.24, 2.45) is 0 Å². The fourth-order valence-electron chi connectivity index (χ4n) is 6.46. The van der Waals surface area contributed by atoms with Crippen LogP contribution in [0.3, 0.4) is 0 Å². The molecule has 2 aromatic carbocycles. The van der Waals surface area contributed by atoms with Gasteiger partial charge in [-0.15, -0.1) is 0 Å². The van der Waals surface area contributed by atoms with Crippen molar-refractivity contribution in [2.45, 2.75) is 104 Å². The molecule has 0 spiro atoms. The Kier molecular flexibility index (Phi) is 5.10. The number of rotatable bonds is 1. The molecule has 2 aliphatic rings. The summed E-state index contributed by atoms with van der Waals surface area (Å²) in [4.78, 5) is 0. The molecule has 6 rings (SSSR count). The zero-order valence-electron chi connectivity index (χ0n) is 22.5. The first kappa shape index (κ1) is 23.5. The van der Waals surface area contributed by atoms with Gasteiger partial charge in [0.25, 0.3) is 0 Å². The van der Waals surface area contributed by atoms with Gasteiger partial charge in [-0.1, -0.05) is 41.5 Å². The molecule has 2 aromatic heterocycles. The van der Waals surface area contributed by atoms with Gasteiger partial charge in [-0.2, -0.15) is 0 Å². The monoisotopic (exact) mass is 486 g/mol. The van der Waals surface area contributed by atoms with Gasteiger partial charge < -0.3 is 19.0 Å². The molecule has 2 aliphatic carbocycles. The second kappa shape index (κ2) is 7.81. The van der Waals surface area contributed by atoms with Crippen molar-refractivity contribution in [2.75, 3.05) is 0 Å². The minimum atomic E-state index is -0.299. The normalized spacial score (nSPS) is 16.5. The second-order valence-electron chi connectivity index (χ2n) is 13.0. The zero-order valence-corrected chi connectivity index (χ0v) is 22.5. The Labute approximate surface area is 213 Å². The van der Waals surface area contributed by atoms with E-state index in [0.717, 1.165) is 96.0 Å². The van der Waals surface area contributed by atoms with Crippen LogP contribution in [0.5, 0.6) is 11.5 Å². The summed E-state index contributed by atoms with van der Waals surface area (Å²) in [5.41, 5.74) is 6.50. The average Bonchev–Trinajstić information content (AvgIpc) is 3.36. The van der Waals surface area contributed by atoms with Crippen molar-refractivity contribution in [3.05, 3.63) is 45.9 Å². The van der Waals surface area contributed by atoms with Crippen LogP contribution in [0, 0.1) is 0 Å². The third-order valence-electron chi connectivity index (χ3n) is 8.30. The fraction of sp³-hybridized carbons (Fsp3) is 0.500. The molecule has 0 atom stereocenters. The van der Waals surface area contributed by atoms with Crippen LogP contribution in [-0.4, -0.2) is 10.2 Å². The Morgan fingerprint density at radius 2 is 0.944 bits per heavy atom. The third kappa shape index (κ3) is 3.40. The molecule has 0 bridgehead atoms. The molecule has 4 nitrogen and oxygen atoms in total. The highest BCUT2D eigenvalue weighted by atomic mass is 16.3. The molecule has 0 unspecified atom stereocenters. The second-order valence-corrected chi connectivity index (χ2v) is 13.0. The number of aromatic hydroxyl groups is 2. The van der Waals surface area contributed by atoms with E-state index in [2.05, 4.69) is 41.5 Å². The number of furan rings is 2. The number of hydrogen-bond acceptors (Lipinski definition) is 4. The Bertz CT molecular complexity index is 1400. The van der Waals surface area contributed by atoms with Crippen LogP contribution in [-0.2, 0) is 36.5 Å². The molecule has 0 saturated heterocycles. The molecule has 2 heterocycles. The van der Waals surface area contributed by atoms with Gasteiger partial charge in [0.1, 0.15) is 34.2 Å². The third-order valence-corrected chi connectivity index (χ3v) is 8.30. The van der Waals surface area contributed by atoms with Crippen LogP contribution in [0.1, 0.15) is 101 Å². The minimum Gasteiger partial charge on any atom is -0.507 e. The lowest BCUT2D eigenvalue weighted by atomic mass is 9.78. The summed E-state index contributed by atoms with van der Waals surface area (Å²) in [6.07, 6.45) is 8.13. The summed E-state index contributed by atoms with van der Waals surface area (Å²) >= 11 is 0. The first-order valence-electron chi connectivity index (χ1n) is 13.6. The number of fused-ring (bicyclic) bond motifs is 6. The van der Waals surface area contributed by atoms with Crippen molar-refractivity contribution in [1.82, 2.24) is 0 Å². The maximum Gasteiger partial charge on any atom is 0.135 e. The van der Waals surface area contributed by atoms with E-state index < -0.39 is 0 Å². The number of phenols is 2. The Balaban J connectivity index is 1.84. The molecule has 0 fully saturated rings. The quantitative estimate of drug-likeness (QED) is 0.283. The van der Waals surface area contributed by atoms with Gasteiger partial charge in [-0.25, -0.2) is 0 Å². The van der Waals surface area contributed by atoms with Gasteiger partial charge in [0.2, 0.25) is 0 Å². The van der Waals surface area contributed by atoms with E-state index in [4.69, 9.17) is 8.83 Å². The molecular formula is C32H38O4. The first-order chi connectivity index (χ1) is 17.0. The van der Waals surface area contributed by atoms with Crippen molar-refractivity contribution in [1.29, 1.82) is 0 Å². The van der Waals surface area contributed by atoms with E-state index in [1.165, 1.54) is 11.1 Å². The lowest BCUT2D eigenvalue weighted by Crippen LogP contribution is -2.13. The van der Waals surface area contributed by atoms with Gasteiger partial charge in [-0.05, 0) is 61.5 Å². The van der Waals surface area contributed by atoms with Gasteiger partial charge in [0.15, 0.2) is 0 Å². The summed E-state index contributed by atoms with van der Waals surface area (Å²) in [5, 5.41) is 26.0. The summed E-state index contributed by atoms with van der Waals surface area (Å²) in [6.45, 7) is 12.7. The lowest BCUT2D eigenvalue weighted by Gasteiger charge is -2.26. The van der Waals surface area contributed by atoms with Crippen LogP contribution >= 0.6 is 0 Å². The molecule has 0 saturated carbocycles. The highest BCUT2D eigenvalue weighted by Crippen LogP contribution is 2.54. The molecule has 4 heteroatoms. The van der Waals surface area contributed by atoms with Gasteiger partial charge in [0.05, 0.1) is 0 Å². The van der Waals surface area contributed by atoms with Crippen LogP contribution in [0.25, 0.3) is 33.1 Å². The van der Waals surface area contributed by atoms with Crippen molar-refractivity contribution in [3.8, 4) is 22.6 Å². The fourth-order valence-corrected chi connectivity index (χ4v) is 6.46. The SMILES string of the molecule is CC(C)(C)c1cc2oc3c(c2c(-c2c(O)c(C(C)(C)C)cc4oc5c(c24)CCCC5)c1O)CCCC3. The number of phenolic OH excluding ortho intramolecular Hbond substituents is 2. The number of benzene rings is 2. The Hall–Kier alpha value is -2.88. The average molecular weight is 487 g/mol. The van der Waals surface area contributed by atoms with Gasteiger partial charge >= 0.3 is 0 Å². The van der Waals surface area contributed by atoms with E-state index in [0.29, 0.717) is 11.1 Å². The highest BCUT2D eigenvalue weighted by Gasteiger charge is 2.34. The Morgan fingerprint density at radius 3 is 1.31 bits per heavy atom. The largest absolute Gasteiger partial charge is 0.507 e. The first-order valence-corrected chi connectivity index (χ1v) is 13.6. The van der Waals surface area contributed by atoms with Crippen LogP contribution < -0.4 is 0 Å². The molecular weight excluding hydrogens is 448 g/mol. The van der Waals surface area contributed by atoms with Gasteiger partial charge in [-0.3, -0.25) is 0 Å². The minimum absolute atomic E-state index is 0.248. The van der Waals surface area contributed by atoms with E-state index in [1.807, 2.05) is 12.1 Å². The maximum absolute atomic E-state index is 12.0. The van der Waals surface area contributed by atoms with Crippen LogP contribution in [0.4, 0.5) is 0 Å². The topological polar surface area (TPSA) is 66.7 Å². The van der Waals surface area contributed by atoms with E-state index in [-0.39, 0.29) is 22.3 Å². The number of hydrogen-bond donors (Lipinski definition) is 2. The van der Waals surface area contributed by atoms with Gasteiger partial charge in [0, 0.05) is 57.0 Å². The predicted octanol–water partition coefficient (Wildman–Crippen LogP) is 8.61. The van der Waals surface area contributed by atoms with Crippen molar-refractivity contribution < 1.29 is 19.0 Å². The summed E-state index contributed by atoms with van der Waals surface area (Å²) in [5.74, 6) is 2.55. The Morgan fingerprint density at radius 1 is 0.583 bits per heavy atom.